The Morgan fingerprint density at radius 1 is 0.967 bits per heavy atom. The van der Waals surface area contributed by atoms with Gasteiger partial charge in [0.1, 0.15) is 12.4 Å². The quantitative estimate of drug-likeness (QED) is 0.488. The second-order valence-corrected chi connectivity index (χ2v) is 7.99. The number of ether oxygens (including phenoxy) is 1. The molecule has 2 atom stereocenters. The Hall–Kier alpha value is -2.61. The van der Waals surface area contributed by atoms with Gasteiger partial charge in [-0.25, -0.2) is 0 Å². The van der Waals surface area contributed by atoms with E-state index in [-0.39, 0.29) is 24.9 Å². The van der Waals surface area contributed by atoms with Crippen molar-refractivity contribution in [3.8, 4) is 5.75 Å². The first kappa shape index (κ1) is 23.7. The van der Waals surface area contributed by atoms with Gasteiger partial charge >= 0.3 is 0 Å². The number of amides is 3. The number of rotatable bonds is 11. The van der Waals surface area contributed by atoms with Gasteiger partial charge in [0.25, 0.3) is 0 Å². The number of hydrogen-bond acceptors (Lipinski definition) is 5. The van der Waals surface area contributed by atoms with Crippen LogP contribution in [0, 0.1) is 11.8 Å². The summed E-state index contributed by atoms with van der Waals surface area (Å²) in [6.07, 6.45) is 0.690. The Bertz CT molecular complexity index is 698. The molecule has 30 heavy (non-hydrogen) atoms. The summed E-state index contributed by atoms with van der Waals surface area (Å²) in [5.74, 6) is 1.41. The summed E-state index contributed by atoms with van der Waals surface area (Å²) in [5, 5.41) is 7.59. The molecular weight excluding hydrogens is 384 g/mol. The topological polar surface area (TPSA) is 99.8 Å². The van der Waals surface area contributed by atoms with Crippen molar-refractivity contribution in [2.45, 2.75) is 27.2 Å². The normalized spacial score (nSPS) is 18.6. The number of benzene rings is 1. The van der Waals surface area contributed by atoms with Crippen molar-refractivity contribution in [3.05, 3.63) is 29.8 Å². The highest BCUT2D eigenvalue weighted by molar-refractivity contribution is 5.87. The molecule has 1 aliphatic rings. The molecule has 0 saturated carbocycles. The lowest BCUT2D eigenvalue weighted by atomic mass is 10.0. The maximum Gasteiger partial charge on any atom is 0.239 e. The van der Waals surface area contributed by atoms with E-state index in [9.17, 15) is 14.4 Å². The van der Waals surface area contributed by atoms with E-state index in [4.69, 9.17) is 4.74 Å². The number of hydrogen-bond donors (Lipinski definition) is 3. The van der Waals surface area contributed by atoms with Crippen LogP contribution >= 0.6 is 0 Å². The number of nitrogens with one attached hydrogen (secondary N) is 3. The third kappa shape index (κ3) is 8.82. The zero-order chi connectivity index (χ0) is 21.9. The van der Waals surface area contributed by atoms with E-state index in [1.54, 1.807) is 0 Å². The number of carbonyl (C=O) groups excluding carboxylic acids is 3. The summed E-state index contributed by atoms with van der Waals surface area (Å²) >= 11 is 0. The maximum atomic E-state index is 11.8. The number of likely N-dealkylation sites (tertiary alicyclic amines) is 1. The van der Waals surface area contributed by atoms with Gasteiger partial charge in [0.15, 0.2) is 0 Å². The molecule has 166 valence electrons. The molecule has 3 amide bonds. The largest absolute Gasteiger partial charge is 0.492 e. The Morgan fingerprint density at radius 3 is 2.20 bits per heavy atom. The zero-order valence-electron chi connectivity index (χ0n) is 18.2. The van der Waals surface area contributed by atoms with Crippen molar-refractivity contribution in [2.24, 2.45) is 11.8 Å². The predicted molar refractivity (Wildman–Crippen MR) is 115 cm³/mol. The van der Waals surface area contributed by atoms with Crippen LogP contribution in [-0.2, 0) is 20.8 Å². The summed E-state index contributed by atoms with van der Waals surface area (Å²) in [6, 6.07) is 7.90. The standard InChI is InChI=1S/C22H34N4O4/c1-16-14-26(15-17(16)2)10-11-30-20-6-4-19(5-7-20)8-9-23-21(28)13-25-22(29)12-24-18(3)27/h4-7,16-17H,8-15H2,1-3H3,(H,23,28)(H,24,27)(H,25,29)/t16-,17-/m1/s1. The van der Waals surface area contributed by atoms with Crippen molar-refractivity contribution in [1.82, 2.24) is 20.9 Å². The molecule has 1 aromatic carbocycles. The highest BCUT2D eigenvalue weighted by atomic mass is 16.5. The summed E-state index contributed by atoms with van der Waals surface area (Å²) < 4.78 is 5.85. The molecular formula is C22H34N4O4. The van der Waals surface area contributed by atoms with Gasteiger partial charge in [-0.15, -0.1) is 0 Å². The average Bonchev–Trinajstić information content (AvgIpc) is 3.03. The lowest BCUT2D eigenvalue weighted by Crippen LogP contribution is -2.41. The fourth-order valence-corrected chi connectivity index (χ4v) is 3.33. The van der Waals surface area contributed by atoms with Gasteiger partial charge in [-0.3, -0.25) is 19.3 Å². The maximum absolute atomic E-state index is 11.8. The van der Waals surface area contributed by atoms with Crippen LogP contribution in [0.4, 0.5) is 0 Å². The van der Waals surface area contributed by atoms with Crippen molar-refractivity contribution in [1.29, 1.82) is 0 Å². The number of nitrogens with zero attached hydrogens (tertiary/aromatic N) is 1. The molecule has 0 bridgehead atoms. The number of carbonyl (C=O) groups is 3. The van der Waals surface area contributed by atoms with Gasteiger partial charge in [0.05, 0.1) is 13.1 Å². The van der Waals surface area contributed by atoms with Crippen molar-refractivity contribution < 1.29 is 19.1 Å². The minimum atomic E-state index is -0.398. The third-order valence-electron chi connectivity index (χ3n) is 5.34. The molecule has 8 heteroatoms. The van der Waals surface area contributed by atoms with E-state index < -0.39 is 5.91 Å². The lowest BCUT2D eigenvalue weighted by molar-refractivity contribution is -0.127. The van der Waals surface area contributed by atoms with Gasteiger partial charge in [0, 0.05) is 33.1 Å². The monoisotopic (exact) mass is 418 g/mol. The van der Waals surface area contributed by atoms with E-state index in [1.807, 2.05) is 24.3 Å². The molecule has 3 N–H and O–H groups in total. The Kier molecular flexibility index (Phi) is 9.60. The SMILES string of the molecule is CC(=O)NCC(=O)NCC(=O)NCCc1ccc(OCCN2C[C@@H](C)[C@H](C)C2)cc1. The molecule has 0 unspecified atom stereocenters. The summed E-state index contributed by atoms with van der Waals surface area (Å²) in [7, 11) is 0. The molecule has 0 aromatic heterocycles. The molecule has 1 fully saturated rings. The van der Waals surface area contributed by atoms with Crippen LogP contribution in [0.5, 0.6) is 5.75 Å². The van der Waals surface area contributed by atoms with Crippen molar-refractivity contribution >= 4 is 17.7 Å². The molecule has 0 aliphatic carbocycles. The molecule has 1 aromatic rings. The van der Waals surface area contributed by atoms with Crippen LogP contribution in [0.15, 0.2) is 24.3 Å². The fourth-order valence-electron chi connectivity index (χ4n) is 3.33. The van der Waals surface area contributed by atoms with Gasteiger partial charge in [-0.1, -0.05) is 26.0 Å². The minimum absolute atomic E-state index is 0.111. The van der Waals surface area contributed by atoms with Crippen LogP contribution < -0.4 is 20.7 Å². The highest BCUT2D eigenvalue weighted by Gasteiger charge is 2.25. The lowest BCUT2D eigenvalue weighted by Gasteiger charge is -2.16. The Labute approximate surface area is 178 Å². The summed E-state index contributed by atoms with van der Waals surface area (Å²) in [6.45, 7) is 10.1. The van der Waals surface area contributed by atoms with Gasteiger partial charge < -0.3 is 20.7 Å². The molecule has 8 nitrogen and oxygen atoms in total. The summed E-state index contributed by atoms with van der Waals surface area (Å²) in [5.41, 5.74) is 1.10. The predicted octanol–water partition coefficient (Wildman–Crippen LogP) is 0.564. The van der Waals surface area contributed by atoms with E-state index in [0.717, 1.165) is 42.8 Å². The summed E-state index contributed by atoms with van der Waals surface area (Å²) in [4.78, 5) is 36.4. The first-order valence-corrected chi connectivity index (χ1v) is 10.6. The molecule has 1 heterocycles. The first-order valence-electron chi connectivity index (χ1n) is 10.6. The molecule has 2 rings (SSSR count). The zero-order valence-corrected chi connectivity index (χ0v) is 18.2. The average molecular weight is 419 g/mol. The Balaban J connectivity index is 1.57. The molecule has 0 spiro atoms. The fraction of sp³-hybridized carbons (Fsp3) is 0.591. The molecule has 0 radical (unpaired) electrons. The van der Waals surface area contributed by atoms with Crippen LogP contribution in [0.25, 0.3) is 0 Å². The molecule has 1 saturated heterocycles. The first-order chi connectivity index (χ1) is 14.3. The van der Waals surface area contributed by atoms with E-state index in [0.29, 0.717) is 19.6 Å². The van der Waals surface area contributed by atoms with Crippen molar-refractivity contribution in [3.63, 3.8) is 0 Å². The van der Waals surface area contributed by atoms with Gasteiger partial charge in [0.2, 0.25) is 17.7 Å². The van der Waals surface area contributed by atoms with Crippen LogP contribution in [0.2, 0.25) is 0 Å². The Morgan fingerprint density at radius 2 is 1.57 bits per heavy atom. The third-order valence-corrected chi connectivity index (χ3v) is 5.34. The smallest absolute Gasteiger partial charge is 0.239 e. The van der Waals surface area contributed by atoms with E-state index in [1.165, 1.54) is 6.92 Å². The minimum Gasteiger partial charge on any atom is -0.492 e. The van der Waals surface area contributed by atoms with Gasteiger partial charge in [-0.2, -0.15) is 0 Å². The van der Waals surface area contributed by atoms with E-state index >= 15 is 0 Å². The second kappa shape index (κ2) is 12.2. The van der Waals surface area contributed by atoms with Crippen LogP contribution in [0.1, 0.15) is 26.3 Å². The highest BCUT2D eigenvalue weighted by Crippen LogP contribution is 2.21. The van der Waals surface area contributed by atoms with Crippen LogP contribution in [0.3, 0.4) is 0 Å². The second-order valence-electron chi connectivity index (χ2n) is 7.99. The van der Waals surface area contributed by atoms with E-state index in [2.05, 4.69) is 34.7 Å². The van der Waals surface area contributed by atoms with Crippen LogP contribution in [-0.4, -0.2) is 68.5 Å². The molecule has 1 aliphatic heterocycles. The van der Waals surface area contributed by atoms with Gasteiger partial charge in [-0.05, 0) is 36.0 Å². The van der Waals surface area contributed by atoms with Crippen molar-refractivity contribution in [2.75, 3.05) is 45.9 Å².